The average Bonchev–Trinajstić information content (AvgIpc) is 3.04. The second kappa shape index (κ2) is 6.80. The average molecular weight is 379 g/mol. The van der Waals surface area contributed by atoms with Crippen molar-refractivity contribution in [3.8, 4) is 0 Å². The maximum Gasteiger partial charge on any atom is 0.417 e. The van der Waals surface area contributed by atoms with Crippen LogP contribution in [0.3, 0.4) is 0 Å². The maximum atomic E-state index is 14.5. The summed E-state index contributed by atoms with van der Waals surface area (Å²) in [7, 11) is 0. The van der Waals surface area contributed by atoms with E-state index in [4.69, 9.17) is 4.42 Å². The fraction of sp³-hybridized carbons (Fsp3) is 0.150. The van der Waals surface area contributed by atoms with Gasteiger partial charge in [-0.05, 0) is 56.2 Å². The Bertz CT molecular complexity index is 1250. The topological polar surface area (TPSA) is 95.8 Å². The minimum atomic E-state index is -0.507. The summed E-state index contributed by atoms with van der Waals surface area (Å²) < 4.78 is 19.5. The van der Waals surface area contributed by atoms with Gasteiger partial charge in [0.15, 0.2) is 5.58 Å². The number of H-pyrrole nitrogens is 1. The Labute approximate surface area is 159 Å². The third-order valence-corrected chi connectivity index (χ3v) is 4.56. The summed E-state index contributed by atoms with van der Waals surface area (Å²) in [6, 6.07) is 8.72. The number of hydrogen-bond acceptors (Lipinski definition) is 6. The van der Waals surface area contributed by atoms with Crippen LogP contribution in [0.2, 0.25) is 0 Å². The van der Waals surface area contributed by atoms with Crippen molar-refractivity contribution in [3.05, 3.63) is 69.6 Å². The van der Waals surface area contributed by atoms with Gasteiger partial charge in [-0.1, -0.05) is 6.07 Å². The Hall–Kier alpha value is -3.68. The van der Waals surface area contributed by atoms with E-state index in [1.807, 2.05) is 19.9 Å². The zero-order valence-electron chi connectivity index (χ0n) is 15.6. The number of benzene rings is 2. The molecule has 0 atom stereocenters. The van der Waals surface area contributed by atoms with Crippen LogP contribution in [-0.4, -0.2) is 15.0 Å². The van der Waals surface area contributed by atoms with Gasteiger partial charge in [-0.15, -0.1) is 0 Å². The first-order valence-electron chi connectivity index (χ1n) is 8.67. The van der Waals surface area contributed by atoms with Crippen molar-refractivity contribution < 1.29 is 8.81 Å². The Balaban J connectivity index is 1.63. The summed E-state index contributed by atoms with van der Waals surface area (Å²) in [4.78, 5) is 22.6. The van der Waals surface area contributed by atoms with Crippen LogP contribution < -0.4 is 16.4 Å². The molecule has 0 spiro atoms. The third-order valence-electron chi connectivity index (χ3n) is 4.56. The number of nitrogens with zero attached hydrogens (tertiary/aromatic N) is 2. The molecule has 0 aliphatic rings. The molecule has 0 bridgehead atoms. The molecule has 3 N–H and O–H groups in total. The fourth-order valence-electron chi connectivity index (χ4n) is 2.79. The minimum absolute atomic E-state index is 0.271. The van der Waals surface area contributed by atoms with Gasteiger partial charge in [-0.3, -0.25) is 4.98 Å². The lowest BCUT2D eigenvalue weighted by atomic mass is 10.1. The monoisotopic (exact) mass is 379 g/mol. The molecule has 0 aliphatic heterocycles. The molecule has 0 unspecified atom stereocenters. The summed E-state index contributed by atoms with van der Waals surface area (Å²) >= 11 is 0. The molecule has 4 aromatic rings. The van der Waals surface area contributed by atoms with Crippen LogP contribution in [0.25, 0.3) is 11.1 Å². The summed E-state index contributed by atoms with van der Waals surface area (Å²) in [5.41, 5.74) is 4.36. The molecule has 28 heavy (non-hydrogen) atoms. The number of fused-ring (bicyclic) bond motifs is 1. The predicted molar refractivity (Wildman–Crippen MR) is 106 cm³/mol. The van der Waals surface area contributed by atoms with Crippen LogP contribution >= 0.6 is 0 Å². The minimum Gasteiger partial charge on any atom is -0.408 e. The van der Waals surface area contributed by atoms with E-state index in [1.165, 1.54) is 0 Å². The van der Waals surface area contributed by atoms with E-state index >= 15 is 0 Å². The van der Waals surface area contributed by atoms with E-state index in [2.05, 4.69) is 25.6 Å². The molecule has 0 fully saturated rings. The number of aryl methyl sites for hydroxylation is 2. The lowest BCUT2D eigenvalue weighted by Crippen LogP contribution is -2.04. The normalized spacial score (nSPS) is 11.0. The van der Waals surface area contributed by atoms with E-state index in [-0.39, 0.29) is 11.8 Å². The predicted octanol–water partition coefficient (Wildman–Crippen LogP) is 4.46. The van der Waals surface area contributed by atoms with Crippen LogP contribution in [0.5, 0.6) is 0 Å². The Morgan fingerprint density at radius 1 is 1.07 bits per heavy atom. The maximum absolute atomic E-state index is 14.5. The summed E-state index contributed by atoms with van der Waals surface area (Å²) in [5.74, 6) is 0.000279. The lowest BCUT2D eigenvalue weighted by Gasteiger charge is -2.12. The van der Waals surface area contributed by atoms with Crippen molar-refractivity contribution in [2.45, 2.75) is 20.8 Å². The van der Waals surface area contributed by atoms with Crippen molar-refractivity contribution in [1.82, 2.24) is 15.0 Å². The Morgan fingerprint density at radius 3 is 2.71 bits per heavy atom. The van der Waals surface area contributed by atoms with E-state index in [0.717, 1.165) is 16.8 Å². The van der Waals surface area contributed by atoms with Gasteiger partial charge in [0.2, 0.25) is 5.95 Å². The van der Waals surface area contributed by atoms with Gasteiger partial charge in [-0.25, -0.2) is 14.2 Å². The molecule has 2 heterocycles. The smallest absolute Gasteiger partial charge is 0.408 e. The quantitative estimate of drug-likeness (QED) is 0.484. The van der Waals surface area contributed by atoms with Gasteiger partial charge in [0.1, 0.15) is 11.6 Å². The zero-order chi connectivity index (χ0) is 19.8. The van der Waals surface area contributed by atoms with Crippen molar-refractivity contribution in [2.75, 3.05) is 10.6 Å². The van der Waals surface area contributed by atoms with Crippen LogP contribution in [0.4, 0.5) is 27.5 Å². The molecule has 0 aliphatic carbocycles. The molecule has 4 rings (SSSR count). The first-order chi connectivity index (χ1) is 13.4. The highest BCUT2D eigenvalue weighted by Gasteiger charge is 2.11. The number of rotatable bonds is 4. The lowest BCUT2D eigenvalue weighted by molar-refractivity contribution is 0.555. The highest BCUT2D eigenvalue weighted by atomic mass is 19.1. The molecule has 8 heteroatoms. The van der Waals surface area contributed by atoms with E-state index in [1.54, 1.807) is 37.4 Å². The molecule has 2 aromatic heterocycles. The molecule has 0 radical (unpaired) electrons. The molecule has 7 nitrogen and oxygen atoms in total. The van der Waals surface area contributed by atoms with Crippen LogP contribution in [0, 0.1) is 26.6 Å². The molecule has 142 valence electrons. The molecule has 0 saturated heterocycles. The standard InChI is InChI=1S/C20H18FN5O2/c1-10-4-6-14(17(21)12(10)3)24-19-22-9-11(2)18(26-19)23-13-5-7-16-15(8-13)25-20(27)28-16/h4-9H,1-3H3,(H,25,27)(H2,22,23,24,26). The number of oxazole rings is 1. The molecule has 0 saturated carbocycles. The first-order valence-corrected chi connectivity index (χ1v) is 8.67. The van der Waals surface area contributed by atoms with E-state index in [9.17, 15) is 9.18 Å². The molecular formula is C20H18FN5O2. The van der Waals surface area contributed by atoms with Crippen molar-refractivity contribution in [2.24, 2.45) is 0 Å². The zero-order valence-corrected chi connectivity index (χ0v) is 15.6. The molecule has 0 amide bonds. The van der Waals surface area contributed by atoms with Gasteiger partial charge >= 0.3 is 5.76 Å². The van der Waals surface area contributed by atoms with Gasteiger partial charge in [-0.2, -0.15) is 4.98 Å². The number of nitrogens with one attached hydrogen (secondary N) is 3. The van der Waals surface area contributed by atoms with Gasteiger partial charge in [0.05, 0.1) is 11.2 Å². The van der Waals surface area contributed by atoms with Crippen molar-refractivity contribution >= 4 is 34.2 Å². The second-order valence-electron chi connectivity index (χ2n) is 6.57. The van der Waals surface area contributed by atoms with Crippen molar-refractivity contribution in [1.29, 1.82) is 0 Å². The summed E-state index contributed by atoms with van der Waals surface area (Å²) in [6.45, 7) is 5.45. The second-order valence-corrected chi connectivity index (χ2v) is 6.57. The molecular weight excluding hydrogens is 361 g/mol. The molecule has 2 aromatic carbocycles. The number of anilines is 4. The van der Waals surface area contributed by atoms with Crippen LogP contribution in [0.15, 0.2) is 45.7 Å². The number of halogens is 1. The Kier molecular flexibility index (Phi) is 4.31. The highest BCUT2D eigenvalue weighted by Crippen LogP contribution is 2.25. The first kappa shape index (κ1) is 17.7. The number of aromatic amines is 1. The Morgan fingerprint density at radius 2 is 1.89 bits per heavy atom. The number of hydrogen-bond donors (Lipinski definition) is 3. The summed E-state index contributed by atoms with van der Waals surface area (Å²) in [6.07, 6.45) is 1.65. The van der Waals surface area contributed by atoms with Crippen LogP contribution in [-0.2, 0) is 0 Å². The van der Waals surface area contributed by atoms with E-state index < -0.39 is 5.76 Å². The van der Waals surface area contributed by atoms with E-state index in [0.29, 0.717) is 28.2 Å². The van der Waals surface area contributed by atoms with Gasteiger partial charge in [0.25, 0.3) is 0 Å². The van der Waals surface area contributed by atoms with Crippen LogP contribution in [0.1, 0.15) is 16.7 Å². The fourth-order valence-corrected chi connectivity index (χ4v) is 2.79. The SMILES string of the molecule is Cc1cnc(Nc2ccc(C)c(C)c2F)nc1Nc1ccc2oc(=O)[nH]c2c1. The summed E-state index contributed by atoms with van der Waals surface area (Å²) in [5, 5.41) is 6.11. The number of aromatic nitrogens is 3. The highest BCUT2D eigenvalue weighted by molar-refractivity contribution is 5.78. The van der Waals surface area contributed by atoms with Gasteiger partial charge in [0, 0.05) is 17.4 Å². The van der Waals surface area contributed by atoms with Gasteiger partial charge < -0.3 is 15.1 Å². The third kappa shape index (κ3) is 3.32. The largest absolute Gasteiger partial charge is 0.417 e. The van der Waals surface area contributed by atoms with Crippen molar-refractivity contribution in [3.63, 3.8) is 0 Å².